The van der Waals surface area contributed by atoms with Gasteiger partial charge < -0.3 is 10.6 Å². The summed E-state index contributed by atoms with van der Waals surface area (Å²) < 4.78 is 52.4. The molecule has 1 aliphatic heterocycles. The first-order valence-corrected chi connectivity index (χ1v) is 13.7. The molecule has 0 bridgehead atoms. The van der Waals surface area contributed by atoms with Crippen molar-refractivity contribution in [3.05, 3.63) is 71.8 Å². The van der Waals surface area contributed by atoms with Crippen molar-refractivity contribution in [2.45, 2.75) is 30.5 Å². The molecule has 0 spiro atoms. The van der Waals surface area contributed by atoms with Crippen molar-refractivity contribution in [3.63, 3.8) is 0 Å². The Morgan fingerprint density at radius 1 is 1.14 bits per heavy atom. The van der Waals surface area contributed by atoms with Crippen molar-refractivity contribution >= 4 is 21.7 Å². The molecule has 1 aromatic carbocycles. The summed E-state index contributed by atoms with van der Waals surface area (Å²) in [6, 6.07) is 13.0. The van der Waals surface area contributed by atoms with Gasteiger partial charge in [0.05, 0.1) is 23.7 Å². The minimum absolute atomic E-state index is 0.182. The third kappa shape index (κ3) is 5.30. The van der Waals surface area contributed by atoms with Gasteiger partial charge in [0.2, 0.25) is 10.0 Å². The van der Waals surface area contributed by atoms with Gasteiger partial charge >= 0.3 is 0 Å². The van der Waals surface area contributed by atoms with Crippen LogP contribution in [0.15, 0.2) is 54.7 Å². The van der Waals surface area contributed by atoms with Gasteiger partial charge in [0.1, 0.15) is 17.8 Å². The van der Waals surface area contributed by atoms with Gasteiger partial charge in [-0.3, -0.25) is 9.78 Å². The molecule has 1 saturated heterocycles. The van der Waals surface area contributed by atoms with Crippen LogP contribution in [-0.4, -0.2) is 71.9 Å². The summed E-state index contributed by atoms with van der Waals surface area (Å²) in [5.41, 5.74) is 1.16. The molecule has 2 aliphatic rings. The first-order chi connectivity index (χ1) is 17.6. The zero-order valence-corrected chi connectivity index (χ0v) is 20.9. The van der Waals surface area contributed by atoms with Crippen LogP contribution >= 0.6 is 0 Å². The number of amides is 1. The van der Waals surface area contributed by atoms with E-state index in [1.165, 1.54) is 22.6 Å². The number of pyridine rings is 1. The lowest BCUT2D eigenvalue weighted by Gasteiger charge is -2.44. The Kier molecular flexibility index (Phi) is 6.63. The summed E-state index contributed by atoms with van der Waals surface area (Å²) in [5, 5.41) is 14.4. The third-order valence-corrected chi connectivity index (χ3v) is 8.07. The average molecular weight is 529 g/mol. The number of nitrogens with zero attached hydrogens (tertiary/aromatic N) is 4. The maximum atomic E-state index is 14.4. The lowest BCUT2D eigenvalue weighted by Crippen LogP contribution is -2.60. The second-order valence-electron chi connectivity index (χ2n) is 9.61. The number of hydrogen-bond acceptors (Lipinski definition) is 7. The molecular weight excluding hydrogens is 502 g/mol. The highest BCUT2D eigenvalue weighted by molar-refractivity contribution is 7.88. The van der Waals surface area contributed by atoms with Gasteiger partial charge in [-0.2, -0.15) is 4.31 Å². The van der Waals surface area contributed by atoms with Crippen LogP contribution in [0, 0.1) is 5.82 Å². The van der Waals surface area contributed by atoms with E-state index in [9.17, 15) is 22.0 Å². The molecule has 3 heterocycles. The normalized spacial score (nSPS) is 22.1. The second-order valence-corrected chi connectivity index (χ2v) is 11.6. The van der Waals surface area contributed by atoms with E-state index in [4.69, 9.17) is 0 Å². The Balaban J connectivity index is 1.22. The van der Waals surface area contributed by atoms with E-state index in [2.05, 4.69) is 25.8 Å². The molecular formula is C25H26F2N6O3S. The fourth-order valence-corrected chi connectivity index (χ4v) is 5.62. The Bertz CT molecular complexity index is 1410. The van der Waals surface area contributed by atoms with Crippen molar-refractivity contribution in [1.82, 2.24) is 24.8 Å². The monoisotopic (exact) mass is 528 g/mol. The van der Waals surface area contributed by atoms with Crippen LogP contribution in [0.4, 0.5) is 14.6 Å². The molecule has 2 fully saturated rings. The number of carbonyl (C=O) groups excluding carboxylic acids is 1. The quantitative estimate of drug-likeness (QED) is 0.462. The molecule has 1 aliphatic carbocycles. The summed E-state index contributed by atoms with van der Waals surface area (Å²) in [6.07, 6.45) is 2.01. The number of alkyl halides is 1. The van der Waals surface area contributed by atoms with Crippen molar-refractivity contribution < 1.29 is 22.0 Å². The number of halogens is 2. The molecule has 37 heavy (non-hydrogen) atoms. The number of aromatic nitrogens is 3. The Hall–Kier alpha value is -3.51. The van der Waals surface area contributed by atoms with Gasteiger partial charge in [0.25, 0.3) is 5.91 Å². The SMILES string of the molecule is CS(=O)(=O)N1CC(NC(=O)c2cccc(-c3ccc(NCC4(c5ncccc5F)CC(F)C4)nn3)c2)C1. The topological polar surface area (TPSA) is 117 Å². The fourth-order valence-electron chi connectivity index (χ4n) is 4.71. The number of rotatable bonds is 8. The molecule has 2 aromatic heterocycles. The molecule has 1 amide bonds. The van der Waals surface area contributed by atoms with Crippen LogP contribution in [-0.2, 0) is 15.4 Å². The van der Waals surface area contributed by atoms with E-state index in [1.807, 2.05) is 0 Å². The van der Waals surface area contributed by atoms with Gasteiger partial charge in [0.15, 0.2) is 0 Å². The Morgan fingerprint density at radius 3 is 2.57 bits per heavy atom. The number of sulfonamides is 1. The molecule has 12 heteroatoms. The van der Waals surface area contributed by atoms with Crippen LogP contribution < -0.4 is 10.6 Å². The molecule has 0 radical (unpaired) electrons. The lowest BCUT2D eigenvalue weighted by atomic mass is 9.65. The summed E-state index contributed by atoms with van der Waals surface area (Å²) >= 11 is 0. The first-order valence-electron chi connectivity index (χ1n) is 11.8. The third-order valence-electron chi connectivity index (χ3n) is 6.83. The van der Waals surface area contributed by atoms with Crippen LogP contribution in [0.5, 0.6) is 0 Å². The van der Waals surface area contributed by atoms with Crippen molar-refractivity contribution in [3.8, 4) is 11.3 Å². The van der Waals surface area contributed by atoms with E-state index in [0.29, 0.717) is 22.6 Å². The average Bonchev–Trinajstić information content (AvgIpc) is 2.83. The van der Waals surface area contributed by atoms with Crippen molar-refractivity contribution in [1.29, 1.82) is 0 Å². The van der Waals surface area contributed by atoms with E-state index >= 15 is 0 Å². The van der Waals surface area contributed by atoms with Crippen LogP contribution in [0.25, 0.3) is 11.3 Å². The van der Waals surface area contributed by atoms with E-state index in [1.54, 1.807) is 36.4 Å². The number of nitrogens with one attached hydrogen (secondary N) is 2. The minimum Gasteiger partial charge on any atom is -0.368 e. The molecule has 194 valence electrons. The van der Waals surface area contributed by atoms with Gasteiger partial charge in [-0.1, -0.05) is 12.1 Å². The maximum Gasteiger partial charge on any atom is 0.251 e. The summed E-state index contributed by atoms with van der Waals surface area (Å²) in [7, 11) is -3.25. The van der Waals surface area contributed by atoms with Gasteiger partial charge in [0, 0.05) is 42.4 Å². The maximum absolute atomic E-state index is 14.4. The predicted molar refractivity (Wildman–Crippen MR) is 134 cm³/mol. The molecule has 0 atom stereocenters. The van der Waals surface area contributed by atoms with Crippen molar-refractivity contribution in [2.75, 3.05) is 31.2 Å². The summed E-state index contributed by atoms with van der Waals surface area (Å²) in [6.45, 7) is 0.776. The minimum atomic E-state index is -3.25. The van der Waals surface area contributed by atoms with E-state index < -0.39 is 27.4 Å². The second kappa shape index (κ2) is 9.75. The molecule has 9 nitrogen and oxygen atoms in total. The highest BCUT2D eigenvalue weighted by atomic mass is 32.2. The fraction of sp³-hybridized carbons (Fsp3) is 0.360. The Morgan fingerprint density at radius 2 is 1.92 bits per heavy atom. The smallest absolute Gasteiger partial charge is 0.251 e. The predicted octanol–water partition coefficient (Wildman–Crippen LogP) is 2.53. The van der Waals surface area contributed by atoms with Crippen LogP contribution in [0.2, 0.25) is 0 Å². The van der Waals surface area contributed by atoms with Gasteiger partial charge in [-0.15, -0.1) is 10.2 Å². The highest BCUT2D eigenvalue weighted by Gasteiger charge is 2.48. The summed E-state index contributed by atoms with van der Waals surface area (Å²) in [5.74, 6) is -0.298. The Labute approximate surface area is 213 Å². The molecule has 1 saturated carbocycles. The zero-order chi connectivity index (χ0) is 26.2. The standard InChI is InChI=1S/C25H26F2N6O3S/c1-37(35,36)33-13-19(14-33)30-24(34)17-5-2-4-16(10-17)21-7-8-22(32-31-21)29-15-25(11-18(26)12-25)23-20(27)6-3-9-28-23/h2-10,18-19H,11-15H2,1H3,(H,29,32)(H,30,34). The zero-order valence-electron chi connectivity index (χ0n) is 20.1. The summed E-state index contributed by atoms with van der Waals surface area (Å²) in [4.78, 5) is 16.8. The molecule has 2 N–H and O–H groups in total. The van der Waals surface area contributed by atoms with Crippen LogP contribution in [0.3, 0.4) is 0 Å². The van der Waals surface area contributed by atoms with Crippen molar-refractivity contribution in [2.24, 2.45) is 0 Å². The number of carbonyl (C=O) groups is 1. The number of anilines is 1. The first kappa shape index (κ1) is 25.2. The van der Waals surface area contributed by atoms with E-state index in [0.717, 1.165) is 6.26 Å². The number of benzene rings is 1. The largest absolute Gasteiger partial charge is 0.368 e. The van der Waals surface area contributed by atoms with E-state index in [-0.39, 0.29) is 50.1 Å². The molecule has 0 unspecified atom stereocenters. The lowest BCUT2D eigenvalue weighted by molar-refractivity contribution is 0.0895. The van der Waals surface area contributed by atoms with Crippen LogP contribution in [0.1, 0.15) is 28.9 Å². The van der Waals surface area contributed by atoms with Gasteiger partial charge in [-0.25, -0.2) is 17.2 Å². The molecule has 3 aromatic rings. The van der Waals surface area contributed by atoms with Gasteiger partial charge in [-0.05, 0) is 49.2 Å². The number of hydrogen-bond donors (Lipinski definition) is 2. The molecule has 5 rings (SSSR count). The highest BCUT2D eigenvalue weighted by Crippen LogP contribution is 2.45.